The summed E-state index contributed by atoms with van der Waals surface area (Å²) in [5, 5.41) is 7.20. The van der Waals surface area contributed by atoms with Crippen LogP contribution in [0.3, 0.4) is 0 Å². The van der Waals surface area contributed by atoms with Gasteiger partial charge >= 0.3 is 0 Å². The molecule has 1 rings (SSSR count). The van der Waals surface area contributed by atoms with Gasteiger partial charge in [0.05, 0.1) is 12.3 Å². The van der Waals surface area contributed by atoms with Crippen LogP contribution in [-0.4, -0.2) is 18.3 Å². The number of nitrogens with two attached hydrogens (primary N) is 2. The molecule has 4 N–H and O–H groups in total. The normalized spacial score (nSPS) is 10.7. The zero-order chi connectivity index (χ0) is 12.0. The number of nitrogens with zero attached hydrogens (tertiary/aromatic N) is 2. The van der Waals surface area contributed by atoms with Crippen molar-refractivity contribution in [2.45, 2.75) is 20.0 Å². The van der Waals surface area contributed by atoms with E-state index in [1.807, 2.05) is 38.1 Å². The molecule has 0 atom stereocenters. The standard InChI is InChI=1S/C11H16N4O/c1-8(2)16-10-5-3-9(4-6-10)7-14-15-11(12)13/h3-8H,1-2H3,(H4,12,13,15)/b14-7-. The van der Waals surface area contributed by atoms with Crippen LogP contribution in [-0.2, 0) is 0 Å². The first-order valence-corrected chi connectivity index (χ1v) is 4.96. The molecule has 0 saturated heterocycles. The van der Waals surface area contributed by atoms with Gasteiger partial charge in [0, 0.05) is 0 Å². The van der Waals surface area contributed by atoms with Gasteiger partial charge in [0.15, 0.2) is 0 Å². The van der Waals surface area contributed by atoms with E-state index in [2.05, 4.69) is 10.2 Å². The highest BCUT2D eigenvalue weighted by Gasteiger charge is 1.96. The Morgan fingerprint density at radius 1 is 1.25 bits per heavy atom. The van der Waals surface area contributed by atoms with E-state index in [0.29, 0.717) is 0 Å². The van der Waals surface area contributed by atoms with Crippen molar-refractivity contribution in [1.82, 2.24) is 0 Å². The number of rotatable bonds is 4. The molecule has 0 bridgehead atoms. The smallest absolute Gasteiger partial charge is 0.211 e. The van der Waals surface area contributed by atoms with E-state index in [1.165, 1.54) is 0 Å². The molecule has 0 amide bonds. The molecule has 0 aliphatic heterocycles. The van der Waals surface area contributed by atoms with Crippen LogP contribution < -0.4 is 16.2 Å². The molecule has 5 nitrogen and oxygen atoms in total. The molecule has 0 spiro atoms. The van der Waals surface area contributed by atoms with Crippen LogP contribution in [0, 0.1) is 0 Å². The van der Waals surface area contributed by atoms with Crippen LogP contribution >= 0.6 is 0 Å². The molecule has 1 aromatic rings. The van der Waals surface area contributed by atoms with Gasteiger partial charge in [-0.25, -0.2) is 0 Å². The van der Waals surface area contributed by atoms with Gasteiger partial charge in [-0.15, -0.1) is 5.10 Å². The second-order valence-corrected chi connectivity index (χ2v) is 3.51. The van der Waals surface area contributed by atoms with Gasteiger partial charge in [0.1, 0.15) is 5.75 Å². The topological polar surface area (TPSA) is 86.0 Å². The fourth-order valence-corrected chi connectivity index (χ4v) is 1.07. The number of ether oxygens (including phenoxy) is 1. The average molecular weight is 220 g/mol. The van der Waals surface area contributed by atoms with E-state index in [4.69, 9.17) is 16.2 Å². The molecule has 86 valence electrons. The Morgan fingerprint density at radius 3 is 2.38 bits per heavy atom. The minimum atomic E-state index is -0.0592. The van der Waals surface area contributed by atoms with Crippen LogP contribution in [0.5, 0.6) is 5.75 Å². The van der Waals surface area contributed by atoms with Crippen LogP contribution in [0.1, 0.15) is 19.4 Å². The average Bonchev–Trinajstić information content (AvgIpc) is 2.19. The molecular weight excluding hydrogens is 204 g/mol. The monoisotopic (exact) mass is 220 g/mol. The van der Waals surface area contributed by atoms with Crippen molar-refractivity contribution < 1.29 is 4.74 Å². The largest absolute Gasteiger partial charge is 0.491 e. The van der Waals surface area contributed by atoms with Gasteiger partial charge in [-0.3, -0.25) is 0 Å². The third-order valence-corrected chi connectivity index (χ3v) is 1.63. The van der Waals surface area contributed by atoms with E-state index in [1.54, 1.807) is 6.21 Å². The molecule has 0 aliphatic rings. The van der Waals surface area contributed by atoms with Crippen molar-refractivity contribution in [2.75, 3.05) is 0 Å². The molecule has 5 heteroatoms. The van der Waals surface area contributed by atoms with Gasteiger partial charge < -0.3 is 16.2 Å². The molecular formula is C11H16N4O. The second kappa shape index (κ2) is 5.75. The lowest BCUT2D eigenvalue weighted by molar-refractivity contribution is 0.242. The van der Waals surface area contributed by atoms with Gasteiger partial charge in [-0.1, -0.05) is 0 Å². The Labute approximate surface area is 94.8 Å². The lowest BCUT2D eigenvalue weighted by Gasteiger charge is -2.08. The van der Waals surface area contributed by atoms with Crippen LogP contribution in [0.2, 0.25) is 0 Å². The van der Waals surface area contributed by atoms with Gasteiger partial charge in [-0.05, 0) is 43.7 Å². The molecule has 0 unspecified atom stereocenters. The highest BCUT2D eigenvalue weighted by atomic mass is 16.5. The Kier molecular flexibility index (Phi) is 4.32. The molecule has 1 aromatic carbocycles. The molecule has 0 fully saturated rings. The SMILES string of the molecule is CC(C)Oc1ccc(/C=N\N=C(N)N)cc1. The summed E-state index contributed by atoms with van der Waals surface area (Å²) in [5.41, 5.74) is 11.2. The molecule has 0 aliphatic carbocycles. The first-order chi connectivity index (χ1) is 7.58. The van der Waals surface area contributed by atoms with Crippen LogP contribution in [0.25, 0.3) is 0 Å². The quantitative estimate of drug-likeness (QED) is 0.452. The van der Waals surface area contributed by atoms with Crippen molar-refractivity contribution in [3.63, 3.8) is 0 Å². The number of hydrogen-bond donors (Lipinski definition) is 2. The Balaban J connectivity index is 2.64. The molecule has 0 heterocycles. The summed E-state index contributed by atoms with van der Waals surface area (Å²) < 4.78 is 5.50. The Hall–Kier alpha value is -2.04. The van der Waals surface area contributed by atoms with E-state index >= 15 is 0 Å². The minimum Gasteiger partial charge on any atom is -0.491 e. The number of hydrogen-bond acceptors (Lipinski definition) is 3. The lowest BCUT2D eigenvalue weighted by atomic mass is 10.2. The van der Waals surface area contributed by atoms with Gasteiger partial charge in [0.2, 0.25) is 5.96 Å². The minimum absolute atomic E-state index is 0.0592. The fourth-order valence-electron chi connectivity index (χ4n) is 1.07. The number of benzene rings is 1. The van der Waals surface area contributed by atoms with E-state index in [9.17, 15) is 0 Å². The maximum absolute atomic E-state index is 5.50. The first-order valence-electron chi connectivity index (χ1n) is 4.96. The predicted octanol–water partition coefficient (Wildman–Crippen LogP) is 1.08. The fraction of sp³-hybridized carbons (Fsp3) is 0.273. The molecule has 0 aromatic heterocycles. The molecule has 0 saturated carbocycles. The van der Waals surface area contributed by atoms with Crippen LogP contribution in [0.4, 0.5) is 0 Å². The van der Waals surface area contributed by atoms with Crippen molar-refractivity contribution in [3.8, 4) is 5.75 Å². The van der Waals surface area contributed by atoms with Gasteiger partial charge in [0.25, 0.3) is 0 Å². The first kappa shape index (κ1) is 12.0. The zero-order valence-electron chi connectivity index (χ0n) is 9.42. The third-order valence-electron chi connectivity index (χ3n) is 1.63. The van der Waals surface area contributed by atoms with E-state index in [-0.39, 0.29) is 12.1 Å². The Morgan fingerprint density at radius 2 is 1.88 bits per heavy atom. The second-order valence-electron chi connectivity index (χ2n) is 3.51. The third kappa shape index (κ3) is 4.45. The van der Waals surface area contributed by atoms with Crippen molar-refractivity contribution in [2.24, 2.45) is 21.7 Å². The highest BCUT2D eigenvalue weighted by Crippen LogP contribution is 2.12. The number of guanidine groups is 1. The van der Waals surface area contributed by atoms with Crippen molar-refractivity contribution in [3.05, 3.63) is 29.8 Å². The van der Waals surface area contributed by atoms with Crippen LogP contribution in [0.15, 0.2) is 34.5 Å². The zero-order valence-corrected chi connectivity index (χ0v) is 9.42. The lowest BCUT2D eigenvalue weighted by Crippen LogP contribution is -2.21. The van der Waals surface area contributed by atoms with Crippen molar-refractivity contribution in [1.29, 1.82) is 0 Å². The summed E-state index contributed by atoms with van der Waals surface area (Å²) in [6, 6.07) is 7.50. The van der Waals surface area contributed by atoms with E-state index < -0.39 is 0 Å². The maximum Gasteiger partial charge on any atom is 0.211 e. The summed E-state index contributed by atoms with van der Waals surface area (Å²) >= 11 is 0. The summed E-state index contributed by atoms with van der Waals surface area (Å²) in [6.07, 6.45) is 1.74. The molecule has 16 heavy (non-hydrogen) atoms. The summed E-state index contributed by atoms with van der Waals surface area (Å²) in [5.74, 6) is 0.769. The van der Waals surface area contributed by atoms with Crippen molar-refractivity contribution >= 4 is 12.2 Å². The highest BCUT2D eigenvalue weighted by molar-refractivity contribution is 5.81. The predicted molar refractivity (Wildman–Crippen MR) is 65.6 cm³/mol. The summed E-state index contributed by atoms with van der Waals surface area (Å²) in [4.78, 5) is 0. The maximum atomic E-state index is 5.50. The summed E-state index contributed by atoms with van der Waals surface area (Å²) in [6.45, 7) is 3.96. The van der Waals surface area contributed by atoms with Gasteiger partial charge in [-0.2, -0.15) is 5.10 Å². The Bertz CT molecular complexity index is 377. The van der Waals surface area contributed by atoms with E-state index in [0.717, 1.165) is 11.3 Å². The molecule has 0 radical (unpaired) electrons. The summed E-state index contributed by atoms with van der Waals surface area (Å²) in [7, 11) is 0.